The quantitative estimate of drug-likeness (QED) is 0.567. The summed E-state index contributed by atoms with van der Waals surface area (Å²) in [4.78, 5) is 7.76. The summed E-state index contributed by atoms with van der Waals surface area (Å²) in [6.45, 7) is 0. The van der Waals surface area contributed by atoms with E-state index >= 15 is 0 Å². The number of imidazole rings is 1. The van der Waals surface area contributed by atoms with Crippen LogP contribution in [0, 0.1) is 0 Å². The third-order valence-electron chi connectivity index (χ3n) is 3.48. The van der Waals surface area contributed by atoms with Gasteiger partial charge in [-0.25, -0.2) is 9.97 Å². The first-order valence-electron chi connectivity index (χ1n) is 6.89. The molecule has 6 nitrogen and oxygen atoms in total. The van der Waals surface area contributed by atoms with Gasteiger partial charge in [-0.2, -0.15) is 13.2 Å². The molecule has 0 radical (unpaired) electrons. The molecule has 120 valence electrons. The van der Waals surface area contributed by atoms with Gasteiger partial charge in [0.1, 0.15) is 18.3 Å². The average Bonchev–Trinajstić information content (AvgIpc) is 3.23. The van der Waals surface area contributed by atoms with Crippen LogP contribution in [0.1, 0.15) is 5.69 Å². The van der Waals surface area contributed by atoms with Crippen LogP contribution in [-0.4, -0.2) is 29.1 Å². The summed E-state index contributed by atoms with van der Waals surface area (Å²) in [6, 6.07) is 8.27. The van der Waals surface area contributed by atoms with E-state index < -0.39 is 11.9 Å². The van der Waals surface area contributed by atoms with Gasteiger partial charge in [-0.05, 0) is 18.2 Å². The Hall–Kier alpha value is -3.23. The fraction of sp³-hybridized carbons (Fsp3) is 0.0667. The highest BCUT2D eigenvalue weighted by atomic mass is 19.4. The molecule has 0 aliphatic rings. The molecule has 0 saturated heterocycles. The molecule has 0 aliphatic carbocycles. The molecule has 0 fully saturated rings. The Balaban J connectivity index is 1.78. The second-order valence-corrected chi connectivity index (χ2v) is 5.06. The van der Waals surface area contributed by atoms with Crippen LogP contribution in [0.5, 0.6) is 0 Å². The van der Waals surface area contributed by atoms with Crippen LogP contribution in [0.15, 0.2) is 55.4 Å². The molecular weight excluding hydrogens is 321 g/mol. The summed E-state index contributed by atoms with van der Waals surface area (Å²) in [5, 5.41) is 7.49. The lowest BCUT2D eigenvalue weighted by Crippen LogP contribution is -2.08. The first-order valence-corrected chi connectivity index (χ1v) is 6.89. The molecule has 3 heterocycles. The number of nitrogens with zero attached hydrogens (tertiary/aromatic N) is 6. The number of hydrogen-bond donors (Lipinski definition) is 0. The Morgan fingerprint density at radius 3 is 2.50 bits per heavy atom. The minimum Gasteiger partial charge on any atom is -0.290 e. The van der Waals surface area contributed by atoms with Crippen molar-refractivity contribution in [3.63, 3.8) is 0 Å². The second-order valence-electron chi connectivity index (χ2n) is 5.06. The Morgan fingerprint density at radius 2 is 1.75 bits per heavy atom. The van der Waals surface area contributed by atoms with Gasteiger partial charge in [-0.15, -0.1) is 10.2 Å². The monoisotopic (exact) mass is 330 g/mol. The van der Waals surface area contributed by atoms with Crippen molar-refractivity contribution in [2.75, 3.05) is 0 Å². The molecule has 9 heteroatoms. The van der Waals surface area contributed by atoms with E-state index in [0.717, 1.165) is 17.3 Å². The molecule has 0 bridgehead atoms. The molecule has 0 unspecified atom stereocenters. The zero-order valence-electron chi connectivity index (χ0n) is 12.0. The minimum atomic E-state index is -4.50. The predicted octanol–water partition coefficient (Wildman–Crippen LogP) is 3.00. The van der Waals surface area contributed by atoms with Crippen LogP contribution >= 0.6 is 0 Å². The number of aromatic nitrogens is 6. The number of benzene rings is 1. The van der Waals surface area contributed by atoms with Gasteiger partial charge < -0.3 is 0 Å². The molecule has 4 rings (SSSR count). The molecule has 1 aromatic carbocycles. The summed E-state index contributed by atoms with van der Waals surface area (Å²) >= 11 is 0. The van der Waals surface area contributed by atoms with E-state index in [1.807, 2.05) is 24.3 Å². The maximum absolute atomic E-state index is 12.7. The Kier molecular flexibility index (Phi) is 3.08. The summed E-state index contributed by atoms with van der Waals surface area (Å²) in [5.74, 6) is -0.00507. The van der Waals surface area contributed by atoms with Crippen molar-refractivity contribution < 1.29 is 13.2 Å². The molecule has 24 heavy (non-hydrogen) atoms. The highest BCUT2D eigenvalue weighted by Crippen LogP contribution is 2.28. The van der Waals surface area contributed by atoms with E-state index in [9.17, 15) is 13.2 Å². The number of hydrogen-bond acceptors (Lipinski definition) is 4. The van der Waals surface area contributed by atoms with Gasteiger partial charge in [0, 0.05) is 23.6 Å². The highest BCUT2D eigenvalue weighted by Gasteiger charge is 2.32. The average molecular weight is 330 g/mol. The first kappa shape index (κ1) is 14.4. The lowest BCUT2D eigenvalue weighted by molar-refractivity contribution is -0.141. The molecule has 0 amide bonds. The molecule has 4 aromatic rings. The van der Waals surface area contributed by atoms with Gasteiger partial charge in [-0.1, -0.05) is 12.1 Å². The van der Waals surface area contributed by atoms with E-state index in [2.05, 4.69) is 20.2 Å². The van der Waals surface area contributed by atoms with Crippen molar-refractivity contribution in [2.24, 2.45) is 0 Å². The summed E-state index contributed by atoms with van der Waals surface area (Å²) < 4.78 is 41.4. The third kappa shape index (κ3) is 2.49. The predicted molar refractivity (Wildman–Crippen MR) is 78.3 cm³/mol. The van der Waals surface area contributed by atoms with Gasteiger partial charge >= 0.3 is 6.18 Å². The second kappa shape index (κ2) is 5.15. The van der Waals surface area contributed by atoms with E-state index in [4.69, 9.17) is 0 Å². The molecule has 0 atom stereocenters. The van der Waals surface area contributed by atoms with Crippen LogP contribution in [0.4, 0.5) is 13.2 Å². The van der Waals surface area contributed by atoms with Gasteiger partial charge in [0.05, 0.1) is 5.69 Å². The number of fused-ring (bicyclic) bond motifs is 1. The molecular formula is C15H9F3N6. The topological polar surface area (TPSA) is 60.9 Å². The fourth-order valence-electron chi connectivity index (χ4n) is 2.33. The van der Waals surface area contributed by atoms with Crippen molar-refractivity contribution in [1.29, 1.82) is 0 Å². The van der Waals surface area contributed by atoms with Crippen molar-refractivity contribution in [3.8, 4) is 16.9 Å². The van der Waals surface area contributed by atoms with Gasteiger partial charge in [0.2, 0.25) is 5.78 Å². The van der Waals surface area contributed by atoms with Gasteiger partial charge in [0.25, 0.3) is 0 Å². The van der Waals surface area contributed by atoms with E-state index in [1.165, 1.54) is 10.6 Å². The van der Waals surface area contributed by atoms with Gasteiger partial charge in [-0.3, -0.25) is 8.97 Å². The number of rotatable bonds is 2. The van der Waals surface area contributed by atoms with Crippen LogP contribution < -0.4 is 0 Å². The maximum Gasteiger partial charge on any atom is 0.433 e. The lowest BCUT2D eigenvalue weighted by Gasteiger charge is -2.04. The smallest absolute Gasteiger partial charge is 0.290 e. The summed E-state index contributed by atoms with van der Waals surface area (Å²) in [6.07, 6.45) is 1.54. The Labute approximate surface area is 133 Å². The van der Waals surface area contributed by atoms with Crippen molar-refractivity contribution in [1.82, 2.24) is 29.1 Å². The lowest BCUT2D eigenvalue weighted by atomic mass is 10.1. The highest BCUT2D eigenvalue weighted by molar-refractivity contribution is 5.64. The third-order valence-corrected chi connectivity index (χ3v) is 3.48. The molecule has 0 N–H and O–H groups in total. The maximum atomic E-state index is 12.7. The molecule has 0 aliphatic heterocycles. The zero-order chi connectivity index (χ0) is 16.7. The number of halogens is 3. The largest absolute Gasteiger partial charge is 0.433 e. The van der Waals surface area contributed by atoms with Gasteiger partial charge in [0.15, 0.2) is 0 Å². The minimum absolute atomic E-state index is 0.00507. The Morgan fingerprint density at radius 1 is 0.958 bits per heavy atom. The van der Waals surface area contributed by atoms with Crippen molar-refractivity contribution in [2.45, 2.75) is 6.18 Å². The SMILES string of the molecule is FC(F)(F)c1ccn2cc(-c3cccc(-n4cnnc4)c3)nc2n1. The number of alkyl halides is 3. The zero-order valence-corrected chi connectivity index (χ0v) is 12.0. The normalized spacial score (nSPS) is 12.0. The Bertz CT molecular complexity index is 1000. The first-order chi connectivity index (χ1) is 11.5. The molecule has 0 saturated carbocycles. The molecule has 3 aromatic heterocycles. The van der Waals surface area contributed by atoms with Crippen LogP contribution in [0.25, 0.3) is 22.7 Å². The van der Waals surface area contributed by atoms with Crippen molar-refractivity contribution >= 4 is 5.78 Å². The molecule has 0 spiro atoms. The van der Waals surface area contributed by atoms with Crippen molar-refractivity contribution in [3.05, 3.63) is 61.1 Å². The van der Waals surface area contributed by atoms with Crippen LogP contribution in [-0.2, 0) is 6.18 Å². The van der Waals surface area contributed by atoms with E-state index in [1.54, 1.807) is 23.4 Å². The van der Waals surface area contributed by atoms with Crippen LogP contribution in [0.3, 0.4) is 0 Å². The summed E-state index contributed by atoms with van der Waals surface area (Å²) in [5.41, 5.74) is 1.13. The van der Waals surface area contributed by atoms with Crippen LogP contribution in [0.2, 0.25) is 0 Å². The summed E-state index contributed by atoms with van der Waals surface area (Å²) in [7, 11) is 0. The fourth-order valence-corrected chi connectivity index (χ4v) is 2.33. The van der Waals surface area contributed by atoms with E-state index in [-0.39, 0.29) is 5.78 Å². The van der Waals surface area contributed by atoms with E-state index in [0.29, 0.717) is 5.69 Å². The standard InChI is InChI=1S/C15H9F3N6/c16-15(17,18)13-4-5-23-7-12(21-14(23)22-13)10-2-1-3-11(6-10)24-8-19-20-9-24/h1-9H.